The van der Waals surface area contributed by atoms with Gasteiger partial charge in [-0.15, -0.1) is 0 Å². The average Bonchev–Trinajstić information content (AvgIpc) is 2.70. The number of unbranched alkanes of at least 4 members (excludes halogenated alkanes) is 13. The second kappa shape index (κ2) is 22.5. The number of rotatable bonds is 21. The van der Waals surface area contributed by atoms with E-state index in [1.807, 2.05) is 0 Å². The van der Waals surface area contributed by atoms with Gasteiger partial charge in [0.25, 0.3) is 0 Å². The molecule has 166 valence electrons. The van der Waals surface area contributed by atoms with Gasteiger partial charge in [0.05, 0.1) is 12.5 Å². The average molecular weight is 395 g/mol. The van der Waals surface area contributed by atoms with E-state index in [0.717, 1.165) is 25.7 Å². The van der Waals surface area contributed by atoms with Crippen LogP contribution in [0.2, 0.25) is 0 Å². The van der Waals surface area contributed by atoms with Gasteiger partial charge in [0.1, 0.15) is 0 Å². The van der Waals surface area contributed by atoms with E-state index in [0.29, 0.717) is 6.61 Å². The van der Waals surface area contributed by atoms with E-state index in [1.54, 1.807) is 0 Å². The molecule has 1 atom stereocenters. The lowest BCUT2D eigenvalue weighted by Crippen LogP contribution is -2.17. The summed E-state index contributed by atoms with van der Waals surface area (Å²) in [6.07, 6.45) is 27.0. The minimum Gasteiger partial charge on any atom is -0.465 e. The summed E-state index contributed by atoms with van der Waals surface area (Å²) >= 11 is 0. The number of hydrogen-bond acceptors (Lipinski definition) is 2. The van der Waals surface area contributed by atoms with Crippen molar-refractivity contribution in [2.45, 2.75) is 136 Å². The van der Waals surface area contributed by atoms with Gasteiger partial charge in [0.2, 0.25) is 0 Å². The molecule has 0 fully saturated rings. The first-order valence-electron chi connectivity index (χ1n) is 12.6. The highest BCUT2D eigenvalue weighted by molar-refractivity contribution is 5.72. The van der Waals surface area contributed by atoms with Gasteiger partial charge in [0, 0.05) is 0 Å². The van der Waals surface area contributed by atoms with Crippen LogP contribution in [0.5, 0.6) is 0 Å². The van der Waals surface area contributed by atoms with E-state index >= 15 is 0 Å². The largest absolute Gasteiger partial charge is 0.465 e. The molecular weight excluding hydrogens is 344 g/mol. The Hall–Kier alpha value is -0.790. The molecule has 0 aliphatic carbocycles. The highest BCUT2D eigenvalue weighted by Crippen LogP contribution is 2.17. The Kier molecular flexibility index (Phi) is 21.9. The molecule has 28 heavy (non-hydrogen) atoms. The van der Waals surface area contributed by atoms with E-state index in [-0.39, 0.29) is 11.9 Å². The topological polar surface area (TPSA) is 26.3 Å². The molecule has 0 aromatic carbocycles. The minimum atomic E-state index is 0.0385. The summed E-state index contributed by atoms with van der Waals surface area (Å²) in [5.74, 6) is 0.153. The van der Waals surface area contributed by atoms with Crippen LogP contribution in [0.1, 0.15) is 136 Å². The number of carbonyl (C=O) groups is 1. The Bertz CT molecular complexity index is 348. The fraction of sp³-hybridized carbons (Fsp3) is 0.885. The number of carbonyl (C=O) groups excluding carboxylic acids is 1. The van der Waals surface area contributed by atoms with Gasteiger partial charge in [-0.3, -0.25) is 4.79 Å². The van der Waals surface area contributed by atoms with Gasteiger partial charge in [-0.05, 0) is 44.9 Å². The quantitative estimate of drug-likeness (QED) is 0.110. The molecule has 0 radical (unpaired) electrons. The lowest BCUT2D eigenvalue weighted by molar-refractivity contribution is -0.149. The number of esters is 1. The van der Waals surface area contributed by atoms with Crippen molar-refractivity contribution in [2.75, 3.05) is 6.61 Å². The summed E-state index contributed by atoms with van der Waals surface area (Å²) in [4.78, 5) is 12.1. The van der Waals surface area contributed by atoms with Crippen molar-refractivity contribution in [2.24, 2.45) is 5.92 Å². The van der Waals surface area contributed by atoms with E-state index in [4.69, 9.17) is 4.74 Å². The highest BCUT2D eigenvalue weighted by atomic mass is 16.5. The molecule has 0 aliphatic heterocycles. The zero-order valence-electron chi connectivity index (χ0n) is 19.5. The Morgan fingerprint density at radius 3 is 1.75 bits per heavy atom. The molecule has 0 saturated carbocycles. The van der Waals surface area contributed by atoms with Crippen LogP contribution in [0.3, 0.4) is 0 Å². The van der Waals surface area contributed by atoms with Crippen molar-refractivity contribution in [1.82, 2.24) is 0 Å². The van der Waals surface area contributed by atoms with Gasteiger partial charge in [-0.2, -0.15) is 0 Å². The SMILES string of the molecule is CCCCCCCCC=CCCCCCCC(CC)C(=O)OCCCCCC. The Balaban J connectivity index is 3.49. The Labute approximate surface area is 176 Å². The van der Waals surface area contributed by atoms with Crippen molar-refractivity contribution in [1.29, 1.82) is 0 Å². The Morgan fingerprint density at radius 2 is 1.18 bits per heavy atom. The monoisotopic (exact) mass is 394 g/mol. The molecule has 1 unspecified atom stereocenters. The fourth-order valence-electron chi connectivity index (χ4n) is 3.59. The summed E-state index contributed by atoms with van der Waals surface area (Å²) in [7, 11) is 0. The molecule has 2 heteroatoms. The fourth-order valence-corrected chi connectivity index (χ4v) is 3.59. The molecule has 0 heterocycles. The summed E-state index contributed by atoms with van der Waals surface area (Å²) in [6.45, 7) is 7.19. The van der Waals surface area contributed by atoms with Crippen LogP contribution in [0.25, 0.3) is 0 Å². The summed E-state index contributed by atoms with van der Waals surface area (Å²) in [5, 5.41) is 0. The van der Waals surface area contributed by atoms with Crippen LogP contribution in [0.4, 0.5) is 0 Å². The molecule has 0 rings (SSSR count). The van der Waals surface area contributed by atoms with Gasteiger partial charge >= 0.3 is 5.97 Å². The van der Waals surface area contributed by atoms with E-state index in [2.05, 4.69) is 32.9 Å². The second-order valence-corrected chi connectivity index (χ2v) is 8.35. The normalized spacial score (nSPS) is 12.5. The summed E-state index contributed by atoms with van der Waals surface area (Å²) < 4.78 is 5.46. The molecule has 0 spiro atoms. The molecule has 0 saturated heterocycles. The van der Waals surface area contributed by atoms with Crippen molar-refractivity contribution < 1.29 is 9.53 Å². The zero-order chi connectivity index (χ0) is 20.7. The number of ether oxygens (including phenoxy) is 1. The van der Waals surface area contributed by atoms with Crippen molar-refractivity contribution in [3.05, 3.63) is 12.2 Å². The molecule has 0 aromatic rings. The highest BCUT2D eigenvalue weighted by Gasteiger charge is 2.17. The number of hydrogen-bond donors (Lipinski definition) is 0. The molecule has 0 amide bonds. The van der Waals surface area contributed by atoms with Crippen LogP contribution in [0.15, 0.2) is 12.2 Å². The lowest BCUT2D eigenvalue weighted by atomic mass is 9.98. The van der Waals surface area contributed by atoms with Crippen LogP contribution in [-0.4, -0.2) is 12.6 Å². The third-order valence-electron chi connectivity index (χ3n) is 5.63. The lowest BCUT2D eigenvalue weighted by Gasteiger charge is -2.14. The van der Waals surface area contributed by atoms with Crippen molar-refractivity contribution >= 4 is 5.97 Å². The number of allylic oxidation sites excluding steroid dienone is 2. The molecule has 0 N–H and O–H groups in total. The van der Waals surface area contributed by atoms with Gasteiger partial charge in [-0.1, -0.05) is 104 Å². The predicted octanol–water partition coefficient (Wildman–Crippen LogP) is 8.78. The van der Waals surface area contributed by atoms with Gasteiger partial charge < -0.3 is 4.74 Å². The van der Waals surface area contributed by atoms with Crippen LogP contribution in [-0.2, 0) is 9.53 Å². The van der Waals surface area contributed by atoms with E-state index < -0.39 is 0 Å². The maximum Gasteiger partial charge on any atom is 0.308 e. The standard InChI is InChI=1S/C26H50O2/c1-4-7-9-11-12-13-14-15-16-17-18-19-20-21-23-25(6-3)26(27)28-24-22-10-8-5-2/h15-16,25H,4-14,17-24H2,1-3H3. The zero-order valence-corrected chi connectivity index (χ0v) is 19.5. The Morgan fingerprint density at radius 1 is 0.679 bits per heavy atom. The third kappa shape index (κ3) is 18.6. The maximum atomic E-state index is 12.1. The smallest absolute Gasteiger partial charge is 0.308 e. The third-order valence-corrected chi connectivity index (χ3v) is 5.63. The predicted molar refractivity (Wildman–Crippen MR) is 124 cm³/mol. The molecule has 0 aromatic heterocycles. The van der Waals surface area contributed by atoms with Crippen LogP contribution in [0, 0.1) is 5.92 Å². The van der Waals surface area contributed by atoms with E-state index in [1.165, 1.54) is 89.9 Å². The molecule has 0 bridgehead atoms. The minimum absolute atomic E-state index is 0.0385. The van der Waals surface area contributed by atoms with Crippen LogP contribution < -0.4 is 0 Å². The first-order chi connectivity index (χ1) is 13.8. The van der Waals surface area contributed by atoms with Crippen molar-refractivity contribution in [3.8, 4) is 0 Å². The van der Waals surface area contributed by atoms with Gasteiger partial charge in [-0.25, -0.2) is 0 Å². The summed E-state index contributed by atoms with van der Waals surface area (Å²) in [6, 6.07) is 0. The second-order valence-electron chi connectivity index (χ2n) is 8.35. The van der Waals surface area contributed by atoms with Crippen LogP contribution >= 0.6 is 0 Å². The molecule has 2 nitrogen and oxygen atoms in total. The molecule has 0 aliphatic rings. The first kappa shape index (κ1) is 27.2. The maximum absolute atomic E-state index is 12.1. The van der Waals surface area contributed by atoms with Gasteiger partial charge in [0.15, 0.2) is 0 Å². The van der Waals surface area contributed by atoms with Crippen molar-refractivity contribution in [3.63, 3.8) is 0 Å². The summed E-state index contributed by atoms with van der Waals surface area (Å²) in [5.41, 5.74) is 0. The molecular formula is C26H50O2. The van der Waals surface area contributed by atoms with E-state index in [9.17, 15) is 4.79 Å². The first-order valence-corrected chi connectivity index (χ1v) is 12.6.